The van der Waals surface area contributed by atoms with E-state index in [0.717, 1.165) is 16.4 Å². The molecule has 9 heteroatoms. The minimum absolute atomic E-state index is 0.233. The molecule has 0 aromatic carbocycles. The third kappa shape index (κ3) is 3.61. The molecule has 0 bridgehead atoms. The van der Waals surface area contributed by atoms with Crippen LogP contribution in [0.25, 0.3) is 21.8 Å². The Kier molecular flexibility index (Phi) is 5.37. The quantitative estimate of drug-likeness (QED) is 0.511. The lowest BCUT2D eigenvalue weighted by molar-refractivity contribution is 0.0587. The number of hydrogen-bond acceptors (Lipinski definition) is 6. The normalized spacial score (nSPS) is 10.3. The van der Waals surface area contributed by atoms with Crippen molar-refractivity contribution < 1.29 is 19.1 Å². The molecule has 0 fully saturated rings. The van der Waals surface area contributed by atoms with Crippen LogP contribution in [-0.2, 0) is 9.47 Å². The van der Waals surface area contributed by atoms with E-state index in [4.69, 9.17) is 11.6 Å². The van der Waals surface area contributed by atoms with Gasteiger partial charge in [-0.05, 0) is 18.2 Å². The number of fused-ring (bicyclic) bond motifs is 2. The van der Waals surface area contributed by atoms with Gasteiger partial charge in [-0.25, -0.2) is 19.6 Å². The predicted octanol–water partition coefficient (Wildman–Crippen LogP) is 3.35. The van der Waals surface area contributed by atoms with Crippen LogP contribution >= 0.6 is 11.6 Å². The van der Waals surface area contributed by atoms with Crippen LogP contribution in [0.4, 0.5) is 0 Å². The summed E-state index contributed by atoms with van der Waals surface area (Å²) in [5.74, 6) is -0.901. The monoisotopic (exact) mass is 386 g/mol. The maximum atomic E-state index is 11.3. The molecule has 0 saturated carbocycles. The third-order valence-electron chi connectivity index (χ3n) is 3.78. The lowest BCUT2D eigenvalue weighted by Crippen LogP contribution is -2.04. The van der Waals surface area contributed by atoms with Crippen LogP contribution in [0.2, 0.25) is 5.02 Å². The highest BCUT2D eigenvalue weighted by Crippen LogP contribution is 2.25. The van der Waals surface area contributed by atoms with E-state index in [-0.39, 0.29) is 5.69 Å². The summed E-state index contributed by atoms with van der Waals surface area (Å²) >= 11 is 5.90. The van der Waals surface area contributed by atoms with Gasteiger partial charge in [-0.1, -0.05) is 11.6 Å². The van der Waals surface area contributed by atoms with Gasteiger partial charge >= 0.3 is 11.9 Å². The number of nitrogens with one attached hydrogen (secondary N) is 2. The van der Waals surface area contributed by atoms with Crippen LogP contribution < -0.4 is 0 Å². The van der Waals surface area contributed by atoms with Crippen molar-refractivity contribution in [2.75, 3.05) is 14.2 Å². The number of rotatable bonds is 2. The lowest BCUT2D eigenvalue weighted by atomic mass is 10.2. The molecule has 4 aromatic heterocycles. The van der Waals surface area contributed by atoms with Crippen LogP contribution in [0.3, 0.4) is 0 Å². The summed E-state index contributed by atoms with van der Waals surface area (Å²) in [5, 5.41) is 1.85. The predicted molar refractivity (Wildman–Crippen MR) is 99.9 cm³/mol. The van der Waals surface area contributed by atoms with Crippen molar-refractivity contribution in [3.05, 3.63) is 59.4 Å². The van der Waals surface area contributed by atoms with Crippen molar-refractivity contribution in [2.45, 2.75) is 0 Å². The van der Waals surface area contributed by atoms with Gasteiger partial charge in [-0.2, -0.15) is 0 Å². The van der Waals surface area contributed by atoms with Gasteiger partial charge in [-0.15, -0.1) is 0 Å². The van der Waals surface area contributed by atoms with E-state index < -0.39 is 11.9 Å². The minimum Gasteiger partial charge on any atom is -0.464 e. The maximum Gasteiger partial charge on any atom is 0.357 e. The highest BCUT2D eigenvalue weighted by molar-refractivity contribution is 6.36. The van der Waals surface area contributed by atoms with Crippen LogP contribution in [-0.4, -0.2) is 46.1 Å². The number of ether oxygens (including phenoxy) is 2. The molecule has 4 aromatic rings. The van der Waals surface area contributed by atoms with Gasteiger partial charge in [0.2, 0.25) is 0 Å². The molecular formula is C18H15ClN4O4. The summed E-state index contributed by atoms with van der Waals surface area (Å²) in [6.45, 7) is 0. The van der Waals surface area contributed by atoms with Crippen molar-refractivity contribution in [1.82, 2.24) is 19.9 Å². The summed E-state index contributed by atoms with van der Waals surface area (Å²) in [5.41, 5.74) is 2.23. The van der Waals surface area contributed by atoms with Gasteiger partial charge in [0, 0.05) is 35.7 Å². The molecule has 0 saturated heterocycles. The second-order valence-corrected chi connectivity index (χ2v) is 5.71. The average molecular weight is 387 g/mol. The summed E-state index contributed by atoms with van der Waals surface area (Å²) in [6, 6.07) is 5.35. The molecule has 8 nitrogen and oxygen atoms in total. The summed E-state index contributed by atoms with van der Waals surface area (Å²) in [6.07, 6.45) is 6.48. The number of aromatic nitrogens is 4. The van der Waals surface area contributed by atoms with Crippen LogP contribution in [0.1, 0.15) is 21.0 Å². The van der Waals surface area contributed by atoms with E-state index in [9.17, 15) is 9.59 Å². The zero-order chi connectivity index (χ0) is 19.4. The Morgan fingerprint density at radius 2 is 1.56 bits per heavy atom. The molecule has 138 valence electrons. The molecule has 4 heterocycles. The van der Waals surface area contributed by atoms with Crippen LogP contribution in [0, 0.1) is 0 Å². The number of methoxy groups -OCH3 is 2. The average Bonchev–Trinajstić information content (AvgIpc) is 3.34. The van der Waals surface area contributed by atoms with Gasteiger partial charge in [0.25, 0.3) is 0 Å². The number of nitrogens with zero attached hydrogens (tertiary/aromatic N) is 2. The number of hydrogen-bond donors (Lipinski definition) is 2. The Hall–Kier alpha value is -3.39. The summed E-state index contributed by atoms with van der Waals surface area (Å²) < 4.78 is 9.19. The standard InChI is InChI=1S/C9H7ClN2O2.C9H8N2O2/c1-14-9(13)8-7-5(10)4-12-6(7)2-3-11-8;1-13-9(12)8-6-2-4-10-7(6)3-5-11-8/h2-4,12H,1H3;2-5,10H,1H3. The first-order valence-electron chi connectivity index (χ1n) is 7.77. The van der Waals surface area contributed by atoms with E-state index >= 15 is 0 Å². The molecule has 27 heavy (non-hydrogen) atoms. The lowest BCUT2D eigenvalue weighted by Gasteiger charge is -1.99. The van der Waals surface area contributed by atoms with E-state index in [1.54, 1.807) is 30.7 Å². The Labute approximate surface area is 158 Å². The first-order valence-corrected chi connectivity index (χ1v) is 8.15. The number of aromatic amines is 2. The van der Waals surface area contributed by atoms with Gasteiger partial charge in [0.05, 0.1) is 30.1 Å². The van der Waals surface area contributed by atoms with E-state index in [1.807, 2.05) is 6.07 Å². The topological polar surface area (TPSA) is 110 Å². The highest BCUT2D eigenvalue weighted by Gasteiger charge is 2.15. The first-order chi connectivity index (χ1) is 13.1. The Bertz CT molecular complexity index is 1120. The fourth-order valence-corrected chi connectivity index (χ4v) is 2.78. The first kappa shape index (κ1) is 18.4. The summed E-state index contributed by atoms with van der Waals surface area (Å²) in [4.78, 5) is 36.4. The molecule has 0 aliphatic rings. The van der Waals surface area contributed by atoms with Gasteiger partial charge in [-0.3, -0.25) is 0 Å². The molecule has 0 radical (unpaired) electrons. The second-order valence-electron chi connectivity index (χ2n) is 5.30. The molecule has 0 atom stereocenters. The number of esters is 2. The highest BCUT2D eigenvalue weighted by atomic mass is 35.5. The van der Waals surface area contributed by atoms with Crippen molar-refractivity contribution in [3.63, 3.8) is 0 Å². The SMILES string of the molecule is COC(=O)c1nccc2[nH]cc(Cl)c12.COC(=O)c1nccc2[nH]ccc12. The van der Waals surface area contributed by atoms with Gasteiger partial charge in [0.1, 0.15) is 0 Å². The van der Waals surface area contributed by atoms with Crippen LogP contribution in [0.5, 0.6) is 0 Å². The Morgan fingerprint density at radius 3 is 2.26 bits per heavy atom. The Morgan fingerprint density at radius 1 is 0.926 bits per heavy atom. The van der Waals surface area contributed by atoms with Crippen molar-refractivity contribution in [2.24, 2.45) is 0 Å². The fourth-order valence-electron chi connectivity index (χ4n) is 2.53. The zero-order valence-corrected chi connectivity index (χ0v) is 15.2. The molecule has 0 unspecified atom stereocenters. The van der Waals surface area contributed by atoms with Crippen molar-refractivity contribution >= 4 is 45.3 Å². The molecule has 0 spiro atoms. The molecule has 2 N–H and O–H groups in total. The van der Waals surface area contributed by atoms with E-state index in [0.29, 0.717) is 16.1 Å². The van der Waals surface area contributed by atoms with Gasteiger partial charge < -0.3 is 19.4 Å². The van der Waals surface area contributed by atoms with E-state index in [1.165, 1.54) is 20.4 Å². The summed E-state index contributed by atoms with van der Waals surface area (Å²) in [7, 11) is 2.65. The van der Waals surface area contributed by atoms with Crippen molar-refractivity contribution in [3.8, 4) is 0 Å². The minimum atomic E-state index is -0.489. The molecule has 0 aliphatic carbocycles. The third-order valence-corrected chi connectivity index (χ3v) is 4.08. The molecule has 4 rings (SSSR count). The number of H-pyrrole nitrogens is 2. The smallest absolute Gasteiger partial charge is 0.357 e. The molecule has 0 amide bonds. The Balaban J connectivity index is 0.000000156. The molecular weight excluding hydrogens is 372 g/mol. The largest absolute Gasteiger partial charge is 0.464 e. The number of halogens is 1. The maximum absolute atomic E-state index is 11.3. The fraction of sp³-hybridized carbons (Fsp3) is 0.111. The van der Waals surface area contributed by atoms with Crippen molar-refractivity contribution in [1.29, 1.82) is 0 Å². The van der Waals surface area contributed by atoms with Crippen LogP contribution in [0.15, 0.2) is 43.0 Å². The number of carbonyl (C=O) groups is 2. The van der Waals surface area contributed by atoms with E-state index in [2.05, 4.69) is 29.4 Å². The zero-order valence-electron chi connectivity index (χ0n) is 14.4. The number of pyridine rings is 2. The van der Waals surface area contributed by atoms with Gasteiger partial charge in [0.15, 0.2) is 11.4 Å². The second kappa shape index (κ2) is 7.88. The number of carbonyl (C=O) groups excluding carboxylic acids is 2. The molecule has 0 aliphatic heterocycles.